The van der Waals surface area contributed by atoms with Crippen LogP contribution >= 0.6 is 0 Å². The van der Waals surface area contributed by atoms with Crippen molar-refractivity contribution in [1.29, 1.82) is 0 Å². The number of likely N-dealkylation sites (tertiary alicyclic amines) is 1. The lowest BCUT2D eigenvalue weighted by Gasteiger charge is -2.40. The minimum atomic E-state index is 0.408. The first-order valence-corrected chi connectivity index (χ1v) is 11.9. The van der Waals surface area contributed by atoms with Crippen molar-refractivity contribution in [2.24, 2.45) is 16.6 Å². The van der Waals surface area contributed by atoms with E-state index >= 15 is 0 Å². The molecule has 0 bridgehead atoms. The second kappa shape index (κ2) is 15.3. The molecule has 0 amide bonds. The standard InChI is InChI=1S/C23H48N4/c1-5-8-10-11-12-16-27(19-22(7-3)13-9-6-2)23-14-17-26(18-15-23)21(4)25-20-24/h22-23H,5-20,24H2,1-4H3. The third-order valence-corrected chi connectivity index (χ3v) is 6.34. The molecule has 4 nitrogen and oxygen atoms in total. The number of nitrogens with zero attached hydrogens (tertiary/aromatic N) is 3. The third kappa shape index (κ3) is 9.94. The average molecular weight is 381 g/mol. The van der Waals surface area contributed by atoms with Gasteiger partial charge in [-0.25, -0.2) is 0 Å². The highest BCUT2D eigenvalue weighted by atomic mass is 15.2. The summed E-state index contributed by atoms with van der Waals surface area (Å²) in [5.74, 6) is 2.00. The van der Waals surface area contributed by atoms with E-state index in [2.05, 4.69) is 42.5 Å². The summed E-state index contributed by atoms with van der Waals surface area (Å²) in [5.41, 5.74) is 5.59. The summed E-state index contributed by atoms with van der Waals surface area (Å²) in [6, 6.07) is 0.758. The molecule has 1 atom stereocenters. The van der Waals surface area contributed by atoms with Gasteiger partial charge in [-0.3, -0.25) is 9.89 Å². The van der Waals surface area contributed by atoms with Crippen LogP contribution in [0.1, 0.15) is 98.3 Å². The van der Waals surface area contributed by atoms with Crippen LogP contribution in [0.5, 0.6) is 0 Å². The van der Waals surface area contributed by atoms with Crippen molar-refractivity contribution in [2.45, 2.75) is 104 Å². The van der Waals surface area contributed by atoms with Crippen LogP contribution in [0.25, 0.3) is 0 Å². The molecular formula is C23H48N4. The van der Waals surface area contributed by atoms with Gasteiger partial charge in [0.25, 0.3) is 0 Å². The van der Waals surface area contributed by atoms with Crippen molar-refractivity contribution in [3.8, 4) is 0 Å². The molecule has 27 heavy (non-hydrogen) atoms. The van der Waals surface area contributed by atoms with Gasteiger partial charge in [0.15, 0.2) is 0 Å². The van der Waals surface area contributed by atoms with Gasteiger partial charge < -0.3 is 10.6 Å². The summed E-state index contributed by atoms with van der Waals surface area (Å²) in [6.07, 6.45) is 14.9. The van der Waals surface area contributed by atoms with Gasteiger partial charge >= 0.3 is 0 Å². The Morgan fingerprint density at radius 1 is 1.04 bits per heavy atom. The molecule has 1 aliphatic rings. The Hall–Kier alpha value is -0.610. The summed E-state index contributed by atoms with van der Waals surface area (Å²) in [5, 5.41) is 0. The molecule has 2 N–H and O–H groups in total. The van der Waals surface area contributed by atoms with Crippen LogP contribution < -0.4 is 5.73 Å². The molecule has 1 saturated heterocycles. The Kier molecular flexibility index (Phi) is 13.9. The number of rotatable bonds is 14. The van der Waals surface area contributed by atoms with Crippen molar-refractivity contribution >= 4 is 5.84 Å². The zero-order valence-corrected chi connectivity index (χ0v) is 18.9. The molecule has 0 aromatic heterocycles. The lowest BCUT2D eigenvalue weighted by Crippen LogP contribution is -2.48. The van der Waals surface area contributed by atoms with E-state index in [9.17, 15) is 0 Å². The second-order valence-corrected chi connectivity index (χ2v) is 8.43. The molecule has 0 aromatic rings. The molecule has 1 aliphatic heterocycles. The van der Waals surface area contributed by atoms with Crippen molar-refractivity contribution in [1.82, 2.24) is 9.80 Å². The molecular weight excluding hydrogens is 332 g/mol. The molecule has 0 aliphatic carbocycles. The minimum absolute atomic E-state index is 0.408. The largest absolute Gasteiger partial charge is 0.360 e. The summed E-state index contributed by atoms with van der Waals surface area (Å²) in [7, 11) is 0. The van der Waals surface area contributed by atoms with Gasteiger partial charge in [-0.2, -0.15) is 0 Å². The highest BCUT2D eigenvalue weighted by Gasteiger charge is 2.26. The second-order valence-electron chi connectivity index (χ2n) is 8.43. The molecule has 1 heterocycles. The fourth-order valence-electron chi connectivity index (χ4n) is 4.38. The lowest BCUT2D eigenvalue weighted by molar-refractivity contribution is 0.110. The number of unbranched alkanes of at least 4 members (excludes halogenated alkanes) is 5. The Balaban J connectivity index is 2.57. The number of piperidine rings is 1. The predicted molar refractivity (Wildman–Crippen MR) is 120 cm³/mol. The quantitative estimate of drug-likeness (QED) is 0.253. The highest BCUT2D eigenvalue weighted by molar-refractivity contribution is 5.79. The molecule has 4 heteroatoms. The number of nitrogens with two attached hydrogens (primary N) is 1. The van der Waals surface area contributed by atoms with E-state index in [-0.39, 0.29) is 0 Å². The highest BCUT2D eigenvalue weighted by Crippen LogP contribution is 2.22. The van der Waals surface area contributed by atoms with Gasteiger partial charge in [-0.15, -0.1) is 0 Å². The normalized spacial score (nSPS) is 17.7. The van der Waals surface area contributed by atoms with E-state index in [0.29, 0.717) is 6.67 Å². The summed E-state index contributed by atoms with van der Waals surface area (Å²) < 4.78 is 0. The lowest BCUT2D eigenvalue weighted by atomic mass is 9.95. The molecule has 160 valence electrons. The first kappa shape index (κ1) is 24.4. The summed E-state index contributed by atoms with van der Waals surface area (Å²) >= 11 is 0. The van der Waals surface area contributed by atoms with Gasteiger partial charge in [-0.05, 0) is 45.1 Å². The van der Waals surface area contributed by atoms with Gasteiger partial charge in [0, 0.05) is 25.7 Å². The van der Waals surface area contributed by atoms with Crippen LogP contribution in [0.4, 0.5) is 0 Å². The maximum atomic E-state index is 5.59. The molecule has 1 rings (SSSR count). The van der Waals surface area contributed by atoms with Crippen LogP contribution in [0.2, 0.25) is 0 Å². The number of hydrogen-bond acceptors (Lipinski definition) is 3. The number of aliphatic imine (C=N–C) groups is 1. The van der Waals surface area contributed by atoms with Gasteiger partial charge in [0.1, 0.15) is 0 Å². The van der Waals surface area contributed by atoms with Crippen LogP contribution in [0.3, 0.4) is 0 Å². The van der Waals surface area contributed by atoms with Crippen LogP contribution in [-0.4, -0.2) is 54.5 Å². The summed E-state index contributed by atoms with van der Waals surface area (Å²) in [4.78, 5) is 9.69. The van der Waals surface area contributed by atoms with E-state index in [1.807, 2.05) is 0 Å². The smallest absolute Gasteiger partial charge is 0.0973 e. The monoisotopic (exact) mass is 380 g/mol. The maximum Gasteiger partial charge on any atom is 0.0973 e. The average Bonchev–Trinajstić information content (AvgIpc) is 2.69. The fraction of sp³-hybridized carbons (Fsp3) is 0.957. The Labute approximate surface area is 170 Å². The van der Waals surface area contributed by atoms with E-state index in [4.69, 9.17) is 5.73 Å². The predicted octanol–water partition coefficient (Wildman–Crippen LogP) is 5.27. The van der Waals surface area contributed by atoms with Crippen LogP contribution in [0.15, 0.2) is 4.99 Å². The van der Waals surface area contributed by atoms with E-state index < -0.39 is 0 Å². The Bertz CT molecular complexity index is 375. The maximum absolute atomic E-state index is 5.59. The zero-order valence-electron chi connectivity index (χ0n) is 18.9. The summed E-state index contributed by atoms with van der Waals surface area (Å²) in [6.45, 7) is 14.4. The Morgan fingerprint density at radius 2 is 1.70 bits per heavy atom. The minimum Gasteiger partial charge on any atom is -0.360 e. The van der Waals surface area contributed by atoms with Gasteiger partial charge in [0.2, 0.25) is 0 Å². The molecule has 1 unspecified atom stereocenters. The van der Waals surface area contributed by atoms with Gasteiger partial charge in [-0.1, -0.05) is 65.7 Å². The molecule has 0 aromatic carbocycles. The number of hydrogen-bond donors (Lipinski definition) is 1. The van der Waals surface area contributed by atoms with E-state index in [0.717, 1.165) is 30.9 Å². The van der Waals surface area contributed by atoms with Crippen LogP contribution in [0, 0.1) is 5.92 Å². The third-order valence-electron chi connectivity index (χ3n) is 6.34. The molecule has 1 fully saturated rings. The van der Waals surface area contributed by atoms with Crippen molar-refractivity contribution < 1.29 is 0 Å². The van der Waals surface area contributed by atoms with E-state index in [1.54, 1.807) is 0 Å². The molecule has 0 radical (unpaired) electrons. The van der Waals surface area contributed by atoms with Crippen molar-refractivity contribution in [3.05, 3.63) is 0 Å². The topological polar surface area (TPSA) is 44.9 Å². The first-order chi connectivity index (χ1) is 13.2. The van der Waals surface area contributed by atoms with Crippen molar-refractivity contribution in [3.63, 3.8) is 0 Å². The number of amidine groups is 1. The molecule has 0 spiro atoms. The van der Waals surface area contributed by atoms with Gasteiger partial charge in [0.05, 0.1) is 12.5 Å². The first-order valence-electron chi connectivity index (χ1n) is 11.9. The Morgan fingerprint density at radius 3 is 2.30 bits per heavy atom. The molecule has 0 saturated carbocycles. The van der Waals surface area contributed by atoms with Crippen LogP contribution in [-0.2, 0) is 0 Å². The van der Waals surface area contributed by atoms with Crippen molar-refractivity contribution in [2.75, 3.05) is 32.8 Å². The fourth-order valence-corrected chi connectivity index (χ4v) is 4.38. The SMILES string of the molecule is CCCCCCCN(CC(CC)CCCC)C1CCN(C(C)=NCN)CC1. The zero-order chi connectivity index (χ0) is 19.9. The van der Waals surface area contributed by atoms with E-state index in [1.165, 1.54) is 83.7 Å².